The number of nitrogens with one attached hydrogen (secondary N) is 1. The third-order valence-corrected chi connectivity index (χ3v) is 5.08. The third-order valence-electron chi connectivity index (χ3n) is 5.08. The summed E-state index contributed by atoms with van der Waals surface area (Å²) in [7, 11) is 0. The molecule has 6 nitrogen and oxygen atoms in total. The smallest absolute Gasteiger partial charge is 0.223 e. The Balaban J connectivity index is 1.32. The standard InChI is InChI=1S/C18H23N5O/c1-12-5-13(2)21-17-11-23(10-16(12)17)18(24)6-14-8-22(9-14)15-3-4-19-20-7-15/h3-5,7,14,19-20H,6,8-11H2,1-2H3/p+1. The van der Waals surface area contributed by atoms with E-state index in [1.165, 1.54) is 16.8 Å². The molecule has 0 saturated carbocycles. The molecule has 0 unspecified atom stereocenters. The maximum Gasteiger partial charge on any atom is 0.223 e. The highest BCUT2D eigenvalue weighted by atomic mass is 16.2. The van der Waals surface area contributed by atoms with Crippen molar-refractivity contribution in [1.29, 1.82) is 0 Å². The summed E-state index contributed by atoms with van der Waals surface area (Å²) in [5, 5.41) is 0. The van der Waals surface area contributed by atoms with Crippen LogP contribution in [0.3, 0.4) is 0 Å². The number of nitrogens with zero attached hydrogens (tertiary/aromatic N) is 3. The number of quaternary nitrogens is 1. The van der Waals surface area contributed by atoms with Gasteiger partial charge in [0.1, 0.15) is 6.20 Å². The van der Waals surface area contributed by atoms with Gasteiger partial charge in [-0.05, 0) is 31.0 Å². The topological polar surface area (TPSA) is 65.1 Å². The fourth-order valence-electron chi connectivity index (χ4n) is 3.76. The lowest BCUT2D eigenvalue weighted by Crippen LogP contribution is -2.87. The molecule has 3 N–H and O–H groups in total. The molecule has 0 radical (unpaired) electrons. The van der Waals surface area contributed by atoms with Crippen LogP contribution in [0, 0.1) is 19.8 Å². The Kier molecular flexibility index (Phi) is 3.76. The van der Waals surface area contributed by atoms with Crippen LogP contribution in [-0.2, 0) is 17.9 Å². The van der Waals surface area contributed by atoms with Crippen LogP contribution >= 0.6 is 0 Å². The normalized spacial score (nSPS) is 19.7. The number of carbonyl (C=O) groups excluding carboxylic acids is 1. The number of aryl methyl sites for hydroxylation is 2. The number of amides is 1. The summed E-state index contributed by atoms with van der Waals surface area (Å²) in [4.78, 5) is 21.5. The Morgan fingerprint density at radius 3 is 2.96 bits per heavy atom. The van der Waals surface area contributed by atoms with Crippen LogP contribution in [0.15, 0.2) is 30.2 Å². The highest BCUT2D eigenvalue weighted by Crippen LogP contribution is 2.29. The summed E-state index contributed by atoms with van der Waals surface area (Å²) in [6.07, 6.45) is 6.75. The first-order valence-electron chi connectivity index (χ1n) is 8.55. The monoisotopic (exact) mass is 326 g/mol. The number of hydrogen-bond acceptors (Lipinski definition) is 4. The van der Waals surface area contributed by atoms with E-state index >= 15 is 0 Å². The molecule has 0 bridgehead atoms. The van der Waals surface area contributed by atoms with Crippen molar-refractivity contribution in [3.05, 3.63) is 52.8 Å². The molecule has 3 aliphatic rings. The minimum atomic E-state index is 0.259. The van der Waals surface area contributed by atoms with E-state index in [1.807, 2.05) is 29.6 Å². The lowest BCUT2D eigenvalue weighted by Gasteiger charge is -2.41. The highest BCUT2D eigenvalue weighted by molar-refractivity contribution is 5.77. The SMILES string of the molecule is Cc1cc(C)c2c(n1)CN(C(=O)CC1CN(C3=CN[NH2+]C=C3)C1)C2. The molecule has 24 heavy (non-hydrogen) atoms. The van der Waals surface area contributed by atoms with Gasteiger partial charge in [-0.3, -0.25) is 9.78 Å². The average Bonchev–Trinajstić information content (AvgIpc) is 2.95. The number of pyridine rings is 1. The molecule has 3 aliphatic heterocycles. The van der Waals surface area contributed by atoms with Crippen molar-refractivity contribution in [2.24, 2.45) is 5.92 Å². The summed E-state index contributed by atoms with van der Waals surface area (Å²) in [5.74, 6) is 0.714. The predicted octanol–water partition coefficient (Wildman–Crippen LogP) is 0.299. The lowest BCUT2D eigenvalue weighted by molar-refractivity contribution is -0.640. The number of aromatic nitrogens is 1. The maximum atomic E-state index is 12.6. The minimum absolute atomic E-state index is 0.259. The van der Waals surface area contributed by atoms with Gasteiger partial charge < -0.3 is 9.80 Å². The van der Waals surface area contributed by atoms with Crippen molar-refractivity contribution in [1.82, 2.24) is 20.2 Å². The van der Waals surface area contributed by atoms with Crippen LogP contribution in [0.4, 0.5) is 0 Å². The van der Waals surface area contributed by atoms with Crippen LogP contribution in [0.25, 0.3) is 0 Å². The van der Waals surface area contributed by atoms with Gasteiger partial charge in [0.15, 0.2) is 0 Å². The Morgan fingerprint density at radius 1 is 1.38 bits per heavy atom. The first-order valence-corrected chi connectivity index (χ1v) is 8.55. The second-order valence-electron chi connectivity index (χ2n) is 6.99. The minimum Gasteiger partial charge on any atom is -0.369 e. The second kappa shape index (κ2) is 5.94. The molecule has 1 aromatic heterocycles. The molecule has 1 saturated heterocycles. The quantitative estimate of drug-likeness (QED) is 0.784. The third kappa shape index (κ3) is 2.78. The number of nitrogens with two attached hydrogens (primary N) is 1. The van der Waals surface area contributed by atoms with Crippen LogP contribution in [0.2, 0.25) is 0 Å². The molecule has 0 atom stereocenters. The van der Waals surface area contributed by atoms with E-state index in [9.17, 15) is 4.79 Å². The predicted molar refractivity (Wildman–Crippen MR) is 89.9 cm³/mol. The maximum absolute atomic E-state index is 12.6. The zero-order chi connectivity index (χ0) is 16.7. The number of hydrogen-bond donors (Lipinski definition) is 2. The Hall–Kier alpha value is -2.34. The van der Waals surface area contributed by atoms with Crippen molar-refractivity contribution < 1.29 is 10.2 Å². The van der Waals surface area contributed by atoms with Gasteiger partial charge in [0.05, 0.1) is 24.1 Å². The molecule has 6 heteroatoms. The van der Waals surface area contributed by atoms with Crippen LogP contribution < -0.4 is 10.9 Å². The molecule has 1 fully saturated rings. The second-order valence-corrected chi connectivity index (χ2v) is 6.99. The van der Waals surface area contributed by atoms with E-state index in [2.05, 4.69) is 34.4 Å². The van der Waals surface area contributed by atoms with E-state index in [4.69, 9.17) is 0 Å². The fraction of sp³-hybridized carbons (Fsp3) is 0.444. The summed E-state index contributed by atoms with van der Waals surface area (Å²) in [5.41, 5.74) is 10.8. The first-order chi connectivity index (χ1) is 11.6. The van der Waals surface area contributed by atoms with Gasteiger partial charge in [-0.15, -0.1) is 0 Å². The molecule has 0 aromatic carbocycles. The van der Waals surface area contributed by atoms with Crippen molar-refractivity contribution in [2.45, 2.75) is 33.4 Å². The van der Waals surface area contributed by atoms with Gasteiger partial charge in [-0.1, -0.05) is 0 Å². The Bertz CT molecular complexity index is 733. The van der Waals surface area contributed by atoms with Crippen molar-refractivity contribution in [3.8, 4) is 0 Å². The van der Waals surface area contributed by atoms with Crippen molar-refractivity contribution >= 4 is 5.91 Å². The summed E-state index contributed by atoms with van der Waals surface area (Å²) >= 11 is 0. The van der Waals surface area contributed by atoms with E-state index in [0.717, 1.165) is 31.0 Å². The number of allylic oxidation sites excluding steroid dienone is 1. The van der Waals surface area contributed by atoms with Crippen molar-refractivity contribution in [2.75, 3.05) is 13.1 Å². The van der Waals surface area contributed by atoms with Gasteiger partial charge in [0.25, 0.3) is 0 Å². The van der Waals surface area contributed by atoms with Crippen molar-refractivity contribution in [3.63, 3.8) is 0 Å². The van der Waals surface area contributed by atoms with Gasteiger partial charge in [0, 0.05) is 43.7 Å². The molecule has 1 aromatic rings. The van der Waals surface area contributed by atoms with E-state index in [-0.39, 0.29) is 5.91 Å². The van der Waals surface area contributed by atoms with Crippen LogP contribution in [0.1, 0.15) is 28.9 Å². The Labute approximate surface area is 142 Å². The first kappa shape index (κ1) is 15.2. The highest BCUT2D eigenvalue weighted by Gasteiger charge is 2.33. The molecule has 0 aliphatic carbocycles. The molecular formula is C18H24N5O+. The summed E-state index contributed by atoms with van der Waals surface area (Å²) in [6.45, 7) is 7.43. The fourth-order valence-corrected chi connectivity index (χ4v) is 3.76. The summed E-state index contributed by atoms with van der Waals surface area (Å²) in [6, 6.07) is 2.10. The molecule has 4 rings (SSSR count). The number of rotatable bonds is 3. The van der Waals surface area contributed by atoms with Crippen LogP contribution in [0.5, 0.6) is 0 Å². The number of likely N-dealkylation sites (tertiary alicyclic amines) is 1. The lowest BCUT2D eigenvalue weighted by atomic mass is 9.95. The summed E-state index contributed by atoms with van der Waals surface area (Å²) < 4.78 is 0. The van der Waals surface area contributed by atoms with Crippen LogP contribution in [-0.4, -0.2) is 33.8 Å². The zero-order valence-corrected chi connectivity index (χ0v) is 14.2. The van der Waals surface area contributed by atoms with Gasteiger partial charge >= 0.3 is 0 Å². The van der Waals surface area contributed by atoms with Gasteiger partial charge in [-0.25, -0.2) is 10.9 Å². The molecule has 0 spiro atoms. The van der Waals surface area contributed by atoms with E-state index in [0.29, 0.717) is 18.9 Å². The molecule has 1 amide bonds. The molecular weight excluding hydrogens is 302 g/mol. The Morgan fingerprint density at radius 2 is 2.21 bits per heavy atom. The number of carbonyl (C=O) groups is 1. The average molecular weight is 326 g/mol. The number of fused-ring (bicyclic) bond motifs is 1. The molecule has 126 valence electrons. The van der Waals surface area contributed by atoms with E-state index < -0.39 is 0 Å². The van der Waals surface area contributed by atoms with Gasteiger partial charge in [0.2, 0.25) is 5.91 Å². The molecule has 4 heterocycles. The van der Waals surface area contributed by atoms with E-state index in [1.54, 1.807) is 0 Å². The zero-order valence-electron chi connectivity index (χ0n) is 14.2. The van der Waals surface area contributed by atoms with Gasteiger partial charge in [-0.2, -0.15) is 0 Å². The largest absolute Gasteiger partial charge is 0.369 e.